The summed E-state index contributed by atoms with van der Waals surface area (Å²) in [6.45, 7) is 6.46. The number of sulfonamides is 1. The zero-order valence-corrected chi connectivity index (χ0v) is 19.9. The molecular formula is C24H37N3O4S. The summed E-state index contributed by atoms with van der Waals surface area (Å²) in [7, 11) is -3.42. The molecular weight excluding hydrogens is 426 g/mol. The van der Waals surface area contributed by atoms with Gasteiger partial charge < -0.3 is 9.64 Å². The number of ether oxygens (including phenoxy) is 1. The monoisotopic (exact) mass is 463 g/mol. The molecule has 178 valence electrons. The van der Waals surface area contributed by atoms with Gasteiger partial charge in [-0.05, 0) is 49.8 Å². The lowest BCUT2D eigenvalue weighted by atomic mass is 10.1. The SMILES string of the molecule is O=C(CCc1ccc(S(=O)(=O)N2CCCCCC2)cc1)N1CCN(C[C@@H]2CCCO2)CC1. The molecule has 1 amide bonds. The van der Waals surface area contributed by atoms with Gasteiger partial charge in [0, 0.05) is 58.8 Å². The summed E-state index contributed by atoms with van der Waals surface area (Å²) in [6.07, 6.45) is 7.84. The maximum absolute atomic E-state index is 12.9. The van der Waals surface area contributed by atoms with Gasteiger partial charge in [0.15, 0.2) is 0 Å². The summed E-state index contributed by atoms with van der Waals surface area (Å²) in [4.78, 5) is 17.4. The van der Waals surface area contributed by atoms with Crippen LogP contribution in [0.25, 0.3) is 0 Å². The van der Waals surface area contributed by atoms with Crippen molar-refractivity contribution in [1.29, 1.82) is 0 Å². The Morgan fingerprint density at radius 1 is 0.906 bits per heavy atom. The van der Waals surface area contributed by atoms with Crippen molar-refractivity contribution in [2.45, 2.75) is 62.4 Å². The Balaban J connectivity index is 1.23. The van der Waals surface area contributed by atoms with Crippen LogP contribution >= 0.6 is 0 Å². The van der Waals surface area contributed by atoms with Crippen molar-refractivity contribution in [3.8, 4) is 0 Å². The number of benzene rings is 1. The molecule has 8 heteroatoms. The number of nitrogens with zero attached hydrogens (tertiary/aromatic N) is 3. The van der Waals surface area contributed by atoms with Gasteiger partial charge in [0.25, 0.3) is 0 Å². The molecule has 1 aromatic carbocycles. The van der Waals surface area contributed by atoms with Gasteiger partial charge in [-0.1, -0.05) is 25.0 Å². The van der Waals surface area contributed by atoms with Crippen molar-refractivity contribution in [3.63, 3.8) is 0 Å². The molecule has 32 heavy (non-hydrogen) atoms. The molecule has 0 bridgehead atoms. The molecule has 0 unspecified atom stereocenters. The van der Waals surface area contributed by atoms with Crippen molar-refractivity contribution in [2.75, 3.05) is 52.4 Å². The normalized spacial score (nSPS) is 23.9. The zero-order chi connectivity index (χ0) is 22.4. The number of carbonyl (C=O) groups is 1. The van der Waals surface area contributed by atoms with E-state index in [1.54, 1.807) is 16.4 Å². The number of carbonyl (C=O) groups excluding carboxylic acids is 1. The lowest BCUT2D eigenvalue weighted by Crippen LogP contribution is -2.50. The third-order valence-electron chi connectivity index (χ3n) is 6.96. The molecule has 0 aromatic heterocycles. The molecule has 0 N–H and O–H groups in total. The number of hydrogen-bond donors (Lipinski definition) is 0. The third kappa shape index (κ3) is 6.10. The van der Waals surface area contributed by atoms with Crippen molar-refractivity contribution in [2.24, 2.45) is 0 Å². The molecule has 0 aliphatic carbocycles. The van der Waals surface area contributed by atoms with E-state index in [0.29, 0.717) is 36.9 Å². The average molecular weight is 464 g/mol. The quantitative estimate of drug-likeness (QED) is 0.621. The standard InChI is InChI=1S/C24H37N3O4S/c28-24(26-17-15-25(16-18-26)20-22-6-5-19-31-22)12-9-21-7-10-23(11-8-21)32(29,30)27-13-3-1-2-4-14-27/h7-8,10-11,22H,1-6,9,12-20H2/t22-/m0/s1. The van der Waals surface area contributed by atoms with Crippen molar-refractivity contribution < 1.29 is 17.9 Å². The fourth-order valence-electron chi connectivity index (χ4n) is 4.92. The topological polar surface area (TPSA) is 70.2 Å². The highest BCUT2D eigenvalue weighted by Gasteiger charge is 2.26. The fourth-order valence-corrected chi connectivity index (χ4v) is 6.44. The van der Waals surface area contributed by atoms with Crippen LogP contribution in [0.4, 0.5) is 0 Å². The molecule has 1 atom stereocenters. The molecule has 0 spiro atoms. The summed E-state index contributed by atoms with van der Waals surface area (Å²) in [5, 5.41) is 0. The first-order valence-electron chi connectivity index (χ1n) is 12.2. The Kier molecular flexibility index (Phi) is 8.21. The van der Waals surface area contributed by atoms with Crippen LogP contribution in [0.3, 0.4) is 0 Å². The van der Waals surface area contributed by atoms with Crippen LogP contribution in [-0.2, 0) is 26.0 Å². The maximum atomic E-state index is 12.9. The highest BCUT2D eigenvalue weighted by molar-refractivity contribution is 7.89. The van der Waals surface area contributed by atoms with Crippen LogP contribution in [-0.4, -0.2) is 87.0 Å². The predicted octanol–water partition coefficient (Wildman–Crippen LogP) is 2.51. The predicted molar refractivity (Wildman–Crippen MR) is 124 cm³/mol. The minimum absolute atomic E-state index is 0.183. The summed E-state index contributed by atoms with van der Waals surface area (Å²) in [5.41, 5.74) is 1.00. The van der Waals surface area contributed by atoms with E-state index in [-0.39, 0.29) is 5.91 Å². The van der Waals surface area contributed by atoms with Gasteiger partial charge in [0.05, 0.1) is 11.0 Å². The number of hydrogen-bond acceptors (Lipinski definition) is 5. The fraction of sp³-hybridized carbons (Fsp3) is 0.708. The Labute approximate surface area is 192 Å². The van der Waals surface area contributed by atoms with Gasteiger partial charge in [0.2, 0.25) is 15.9 Å². The van der Waals surface area contributed by atoms with Gasteiger partial charge in [-0.25, -0.2) is 8.42 Å². The molecule has 3 heterocycles. The minimum Gasteiger partial charge on any atom is -0.377 e. The van der Waals surface area contributed by atoms with Crippen molar-refractivity contribution in [3.05, 3.63) is 29.8 Å². The first-order chi connectivity index (χ1) is 15.5. The van der Waals surface area contributed by atoms with E-state index in [4.69, 9.17) is 4.74 Å². The van der Waals surface area contributed by atoms with Gasteiger partial charge in [-0.15, -0.1) is 0 Å². The smallest absolute Gasteiger partial charge is 0.243 e. The largest absolute Gasteiger partial charge is 0.377 e. The summed E-state index contributed by atoms with van der Waals surface area (Å²) < 4.78 is 33.2. The van der Waals surface area contributed by atoms with Crippen LogP contribution in [0.2, 0.25) is 0 Å². The molecule has 4 rings (SSSR count). The first-order valence-corrected chi connectivity index (χ1v) is 13.7. The Hall–Kier alpha value is -1.48. The van der Waals surface area contributed by atoms with E-state index in [2.05, 4.69) is 4.90 Å². The van der Waals surface area contributed by atoms with E-state index in [1.165, 1.54) is 0 Å². The van der Waals surface area contributed by atoms with Crippen LogP contribution in [0.1, 0.15) is 50.5 Å². The lowest BCUT2D eigenvalue weighted by Gasteiger charge is -2.35. The second-order valence-corrected chi connectivity index (χ2v) is 11.2. The zero-order valence-electron chi connectivity index (χ0n) is 19.1. The summed E-state index contributed by atoms with van der Waals surface area (Å²) in [6, 6.07) is 7.11. The molecule has 7 nitrogen and oxygen atoms in total. The van der Waals surface area contributed by atoms with Crippen molar-refractivity contribution in [1.82, 2.24) is 14.1 Å². The highest BCUT2D eigenvalue weighted by Crippen LogP contribution is 2.21. The first kappa shape index (κ1) is 23.7. The molecule has 0 radical (unpaired) electrons. The van der Waals surface area contributed by atoms with E-state index < -0.39 is 10.0 Å². The van der Waals surface area contributed by atoms with E-state index in [1.807, 2.05) is 17.0 Å². The van der Waals surface area contributed by atoms with Gasteiger partial charge in [0.1, 0.15) is 0 Å². The molecule has 3 fully saturated rings. The number of rotatable bonds is 7. The van der Waals surface area contributed by atoms with Crippen LogP contribution < -0.4 is 0 Å². The Bertz CT molecular complexity index is 837. The third-order valence-corrected chi connectivity index (χ3v) is 8.88. The maximum Gasteiger partial charge on any atom is 0.243 e. The van der Waals surface area contributed by atoms with Crippen LogP contribution in [0.15, 0.2) is 29.2 Å². The van der Waals surface area contributed by atoms with Gasteiger partial charge >= 0.3 is 0 Å². The second kappa shape index (κ2) is 11.1. The minimum atomic E-state index is -3.42. The number of aryl methyl sites for hydroxylation is 1. The van der Waals surface area contributed by atoms with Crippen LogP contribution in [0.5, 0.6) is 0 Å². The number of amides is 1. The Morgan fingerprint density at radius 3 is 2.22 bits per heavy atom. The molecule has 3 aliphatic rings. The number of piperazine rings is 1. The van der Waals surface area contributed by atoms with E-state index in [9.17, 15) is 13.2 Å². The lowest BCUT2D eigenvalue weighted by molar-refractivity contribution is -0.133. The molecule has 1 aromatic rings. The van der Waals surface area contributed by atoms with Crippen LogP contribution in [0, 0.1) is 0 Å². The summed E-state index contributed by atoms with van der Waals surface area (Å²) in [5.74, 6) is 0.183. The van der Waals surface area contributed by atoms with E-state index >= 15 is 0 Å². The second-order valence-electron chi connectivity index (χ2n) is 9.28. The molecule has 3 aliphatic heterocycles. The van der Waals surface area contributed by atoms with E-state index in [0.717, 1.165) is 83.4 Å². The summed E-state index contributed by atoms with van der Waals surface area (Å²) >= 11 is 0. The average Bonchev–Trinajstić information content (AvgIpc) is 3.16. The Morgan fingerprint density at radius 2 is 1.59 bits per heavy atom. The van der Waals surface area contributed by atoms with Gasteiger partial charge in [-0.3, -0.25) is 9.69 Å². The molecule has 0 saturated carbocycles. The molecule has 3 saturated heterocycles. The van der Waals surface area contributed by atoms with Crippen molar-refractivity contribution >= 4 is 15.9 Å². The highest BCUT2D eigenvalue weighted by atomic mass is 32.2. The van der Waals surface area contributed by atoms with Gasteiger partial charge in [-0.2, -0.15) is 4.31 Å².